The standard InChI is InChI=1S/C13H16FN3/c1-9(2)7-17-8-16-12(13(17)15)10-5-3-4-6-11(10)14/h3-6,8-9H,7,15H2,1-2H3. The first kappa shape index (κ1) is 11.6. The highest BCUT2D eigenvalue weighted by Crippen LogP contribution is 2.26. The second kappa shape index (κ2) is 4.57. The normalized spacial score (nSPS) is 11.1. The maximum Gasteiger partial charge on any atom is 0.132 e. The number of halogens is 1. The summed E-state index contributed by atoms with van der Waals surface area (Å²) in [7, 11) is 0. The number of hydrogen-bond acceptors (Lipinski definition) is 2. The lowest BCUT2D eigenvalue weighted by molar-refractivity contribution is 0.527. The maximum absolute atomic E-state index is 13.6. The fourth-order valence-electron chi connectivity index (χ4n) is 1.79. The van der Waals surface area contributed by atoms with Crippen LogP contribution in [0, 0.1) is 11.7 Å². The third-order valence-corrected chi connectivity index (χ3v) is 2.57. The van der Waals surface area contributed by atoms with Crippen LogP contribution >= 0.6 is 0 Å². The van der Waals surface area contributed by atoms with E-state index in [1.54, 1.807) is 24.5 Å². The Hall–Kier alpha value is -1.84. The molecule has 0 bridgehead atoms. The van der Waals surface area contributed by atoms with Crippen molar-refractivity contribution in [3.63, 3.8) is 0 Å². The van der Waals surface area contributed by atoms with Crippen molar-refractivity contribution in [2.75, 3.05) is 5.73 Å². The molecule has 2 rings (SSSR count). The molecule has 0 aliphatic heterocycles. The molecule has 0 atom stereocenters. The Morgan fingerprint density at radius 1 is 1.35 bits per heavy atom. The predicted octanol–water partition coefficient (Wildman–Crippen LogP) is 2.93. The monoisotopic (exact) mass is 233 g/mol. The highest BCUT2D eigenvalue weighted by Gasteiger charge is 2.13. The van der Waals surface area contributed by atoms with Crippen molar-refractivity contribution in [3.8, 4) is 11.3 Å². The van der Waals surface area contributed by atoms with Gasteiger partial charge in [-0.2, -0.15) is 0 Å². The van der Waals surface area contributed by atoms with E-state index in [1.165, 1.54) is 6.07 Å². The van der Waals surface area contributed by atoms with Crippen molar-refractivity contribution in [3.05, 3.63) is 36.4 Å². The van der Waals surface area contributed by atoms with Gasteiger partial charge in [0, 0.05) is 12.1 Å². The molecule has 3 nitrogen and oxygen atoms in total. The van der Waals surface area contributed by atoms with Gasteiger partial charge in [-0.05, 0) is 18.1 Å². The molecule has 4 heteroatoms. The lowest BCUT2D eigenvalue weighted by atomic mass is 10.1. The van der Waals surface area contributed by atoms with Crippen LogP contribution in [0.3, 0.4) is 0 Å². The summed E-state index contributed by atoms with van der Waals surface area (Å²) in [6.07, 6.45) is 1.66. The zero-order valence-corrected chi connectivity index (χ0v) is 10.0. The Kier molecular flexibility index (Phi) is 3.13. The molecule has 0 saturated carbocycles. The summed E-state index contributed by atoms with van der Waals surface area (Å²) in [5.74, 6) is 0.692. The highest BCUT2D eigenvalue weighted by atomic mass is 19.1. The SMILES string of the molecule is CC(C)Cn1cnc(-c2ccccc2F)c1N. The van der Waals surface area contributed by atoms with Crippen LogP contribution in [0.1, 0.15) is 13.8 Å². The first-order valence-corrected chi connectivity index (χ1v) is 5.65. The van der Waals surface area contributed by atoms with Crippen LogP contribution < -0.4 is 5.73 Å². The van der Waals surface area contributed by atoms with Crippen LogP contribution in [0.25, 0.3) is 11.3 Å². The van der Waals surface area contributed by atoms with Gasteiger partial charge < -0.3 is 10.3 Å². The summed E-state index contributed by atoms with van der Waals surface area (Å²) in [5.41, 5.74) is 6.96. The molecule has 0 radical (unpaired) electrons. The van der Waals surface area contributed by atoms with Gasteiger partial charge in [-0.25, -0.2) is 9.37 Å². The number of aromatic nitrogens is 2. The molecule has 0 amide bonds. The Morgan fingerprint density at radius 3 is 2.71 bits per heavy atom. The molecule has 2 aromatic rings. The Morgan fingerprint density at radius 2 is 2.06 bits per heavy atom. The van der Waals surface area contributed by atoms with Crippen LogP contribution in [-0.2, 0) is 6.54 Å². The van der Waals surface area contributed by atoms with Crippen LogP contribution in [-0.4, -0.2) is 9.55 Å². The van der Waals surface area contributed by atoms with Crippen molar-refractivity contribution in [2.24, 2.45) is 5.92 Å². The van der Waals surface area contributed by atoms with Crippen molar-refractivity contribution in [2.45, 2.75) is 20.4 Å². The minimum Gasteiger partial charge on any atom is -0.383 e. The topological polar surface area (TPSA) is 43.8 Å². The predicted molar refractivity (Wildman–Crippen MR) is 66.9 cm³/mol. The Bertz CT molecular complexity index is 517. The minimum absolute atomic E-state index is 0.297. The molecule has 0 spiro atoms. The van der Waals surface area contributed by atoms with E-state index < -0.39 is 0 Å². The van der Waals surface area contributed by atoms with Gasteiger partial charge in [0.1, 0.15) is 17.3 Å². The van der Waals surface area contributed by atoms with Gasteiger partial charge in [-0.15, -0.1) is 0 Å². The zero-order chi connectivity index (χ0) is 12.4. The van der Waals surface area contributed by atoms with E-state index >= 15 is 0 Å². The molecule has 0 unspecified atom stereocenters. The van der Waals surface area contributed by atoms with E-state index in [0.29, 0.717) is 23.0 Å². The van der Waals surface area contributed by atoms with Gasteiger partial charge >= 0.3 is 0 Å². The quantitative estimate of drug-likeness (QED) is 0.885. The first-order chi connectivity index (χ1) is 8.09. The molecule has 0 saturated heterocycles. The number of rotatable bonds is 3. The largest absolute Gasteiger partial charge is 0.383 e. The molecular weight excluding hydrogens is 217 g/mol. The van der Waals surface area contributed by atoms with Crippen molar-refractivity contribution < 1.29 is 4.39 Å². The summed E-state index contributed by atoms with van der Waals surface area (Å²) in [5, 5.41) is 0. The van der Waals surface area contributed by atoms with Gasteiger partial charge in [-0.1, -0.05) is 26.0 Å². The van der Waals surface area contributed by atoms with E-state index in [1.807, 2.05) is 4.57 Å². The third-order valence-electron chi connectivity index (χ3n) is 2.57. The number of benzene rings is 1. The maximum atomic E-state index is 13.6. The summed E-state index contributed by atoms with van der Waals surface area (Å²) in [6, 6.07) is 6.53. The third kappa shape index (κ3) is 2.30. The lowest BCUT2D eigenvalue weighted by Gasteiger charge is -2.08. The minimum atomic E-state index is -0.297. The molecule has 0 aliphatic carbocycles. The fraction of sp³-hybridized carbons (Fsp3) is 0.308. The number of nitrogens with zero attached hydrogens (tertiary/aromatic N) is 2. The smallest absolute Gasteiger partial charge is 0.132 e. The molecule has 1 aromatic heterocycles. The van der Waals surface area contributed by atoms with Crippen LogP contribution in [0.5, 0.6) is 0 Å². The van der Waals surface area contributed by atoms with Gasteiger partial charge in [0.15, 0.2) is 0 Å². The van der Waals surface area contributed by atoms with Gasteiger partial charge in [-0.3, -0.25) is 0 Å². The second-order valence-corrected chi connectivity index (χ2v) is 4.50. The van der Waals surface area contributed by atoms with Crippen molar-refractivity contribution in [1.29, 1.82) is 0 Å². The number of nitrogens with two attached hydrogens (primary N) is 1. The summed E-state index contributed by atoms with van der Waals surface area (Å²) < 4.78 is 15.5. The van der Waals surface area contributed by atoms with E-state index in [4.69, 9.17) is 5.73 Å². The first-order valence-electron chi connectivity index (χ1n) is 5.65. The molecule has 1 heterocycles. The molecule has 0 aliphatic rings. The van der Waals surface area contributed by atoms with Crippen LogP contribution in [0.4, 0.5) is 10.2 Å². The summed E-state index contributed by atoms with van der Waals surface area (Å²) >= 11 is 0. The van der Waals surface area contributed by atoms with Crippen molar-refractivity contribution in [1.82, 2.24) is 9.55 Å². The molecule has 90 valence electrons. The van der Waals surface area contributed by atoms with E-state index in [-0.39, 0.29) is 5.82 Å². The van der Waals surface area contributed by atoms with Gasteiger partial charge in [0.05, 0.1) is 6.33 Å². The lowest BCUT2D eigenvalue weighted by Crippen LogP contribution is -2.06. The molecular formula is C13H16FN3. The van der Waals surface area contributed by atoms with Gasteiger partial charge in [0.2, 0.25) is 0 Å². The molecule has 2 N–H and O–H groups in total. The fourth-order valence-corrected chi connectivity index (χ4v) is 1.79. The molecule has 1 aromatic carbocycles. The zero-order valence-electron chi connectivity index (χ0n) is 10.0. The number of anilines is 1. The molecule has 0 fully saturated rings. The van der Waals surface area contributed by atoms with Gasteiger partial charge in [0.25, 0.3) is 0 Å². The van der Waals surface area contributed by atoms with Crippen LogP contribution in [0.2, 0.25) is 0 Å². The Labute approximate surface area is 100 Å². The van der Waals surface area contributed by atoms with E-state index in [9.17, 15) is 4.39 Å². The molecule has 17 heavy (non-hydrogen) atoms. The second-order valence-electron chi connectivity index (χ2n) is 4.50. The highest BCUT2D eigenvalue weighted by molar-refractivity contribution is 5.70. The Balaban J connectivity index is 2.41. The number of imidazole rings is 1. The van der Waals surface area contributed by atoms with E-state index in [0.717, 1.165) is 6.54 Å². The number of nitrogen functional groups attached to an aromatic ring is 1. The average Bonchev–Trinajstić information content (AvgIpc) is 2.61. The summed E-state index contributed by atoms with van der Waals surface area (Å²) in [4.78, 5) is 4.20. The number of hydrogen-bond donors (Lipinski definition) is 1. The van der Waals surface area contributed by atoms with E-state index in [2.05, 4.69) is 18.8 Å². The van der Waals surface area contributed by atoms with Crippen LogP contribution in [0.15, 0.2) is 30.6 Å². The van der Waals surface area contributed by atoms with Crippen molar-refractivity contribution >= 4 is 5.82 Å². The average molecular weight is 233 g/mol. The summed E-state index contributed by atoms with van der Waals surface area (Å²) in [6.45, 7) is 4.98.